The van der Waals surface area contributed by atoms with Crippen molar-refractivity contribution in [2.24, 2.45) is 0 Å². The van der Waals surface area contributed by atoms with E-state index in [1.54, 1.807) is 18.2 Å². The van der Waals surface area contributed by atoms with Crippen LogP contribution < -0.4 is 14.8 Å². The first kappa shape index (κ1) is 19.3. The van der Waals surface area contributed by atoms with Gasteiger partial charge in [-0.3, -0.25) is 4.79 Å². The molecule has 0 radical (unpaired) electrons. The van der Waals surface area contributed by atoms with Crippen LogP contribution >= 0.6 is 0 Å². The minimum absolute atomic E-state index is 0.113. The van der Waals surface area contributed by atoms with Crippen LogP contribution in [-0.2, 0) is 4.79 Å². The van der Waals surface area contributed by atoms with Gasteiger partial charge in [-0.05, 0) is 51.0 Å². The standard InChI is InChI=1S/C21H24N2O3/c1-5-25-20-11-17(12-22)8-9-19(20)26-13-21(24)23-16(4)18-10-14(2)6-7-15(18)3/h6-11,16H,5,13H2,1-4H3,(H,23,24). The summed E-state index contributed by atoms with van der Waals surface area (Å²) >= 11 is 0. The Morgan fingerprint density at radius 3 is 2.62 bits per heavy atom. The Labute approximate surface area is 154 Å². The molecule has 136 valence electrons. The third-order valence-corrected chi connectivity index (χ3v) is 4.01. The average Bonchev–Trinajstić information content (AvgIpc) is 2.62. The average molecular weight is 352 g/mol. The summed E-state index contributed by atoms with van der Waals surface area (Å²) in [4.78, 5) is 12.3. The fourth-order valence-electron chi connectivity index (χ4n) is 2.70. The van der Waals surface area contributed by atoms with Crippen molar-refractivity contribution in [1.82, 2.24) is 5.32 Å². The van der Waals surface area contributed by atoms with Gasteiger partial charge in [0, 0.05) is 6.07 Å². The number of hydrogen-bond acceptors (Lipinski definition) is 4. The van der Waals surface area contributed by atoms with Gasteiger partial charge in [0.15, 0.2) is 18.1 Å². The van der Waals surface area contributed by atoms with Crippen LogP contribution in [0.1, 0.15) is 42.1 Å². The second kappa shape index (κ2) is 8.91. The number of carbonyl (C=O) groups excluding carboxylic acids is 1. The van der Waals surface area contributed by atoms with E-state index in [0.717, 1.165) is 16.7 Å². The van der Waals surface area contributed by atoms with Gasteiger partial charge >= 0.3 is 0 Å². The Balaban J connectivity index is 2.00. The van der Waals surface area contributed by atoms with Crippen molar-refractivity contribution in [2.45, 2.75) is 33.7 Å². The van der Waals surface area contributed by atoms with E-state index in [4.69, 9.17) is 14.7 Å². The molecule has 1 N–H and O–H groups in total. The first-order chi connectivity index (χ1) is 12.4. The van der Waals surface area contributed by atoms with E-state index in [1.165, 1.54) is 0 Å². The van der Waals surface area contributed by atoms with Crippen LogP contribution in [0.4, 0.5) is 0 Å². The second-order valence-corrected chi connectivity index (χ2v) is 6.14. The molecular formula is C21H24N2O3. The number of aryl methyl sites for hydroxylation is 2. The Hall–Kier alpha value is -3.00. The fraction of sp³-hybridized carbons (Fsp3) is 0.333. The SMILES string of the molecule is CCOc1cc(C#N)ccc1OCC(=O)NC(C)c1cc(C)ccc1C. The molecule has 0 saturated carbocycles. The van der Waals surface area contributed by atoms with Crippen LogP contribution in [0.3, 0.4) is 0 Å². The van der Waals surface area contributed by atoms with Gasteiger partial charge in [0.2, 0.25) is 0 Å². The molecule has 1 amide bonds. The lowest BCUT2D eigenvalue weighted by molar-refractivity contribution is -0.123. The molecule has 5 heteroatoms. The van der Waals surface area contributed by atoms with Gasteiger partial charge in [-0.15, -0.1) is 0 Å². The number of nitrogens with zero attached hydrogens (tertiary/aromatic N) is 1. The van der Waals surface area contributed by atoms with Gasteiger partial charge in [0.25, 0.3) is 5.91 Å². The second-order valence-electron chi connectivity index (χ2n) is 6.14. The van der Waals surface area contributed by atoms with E-state index >= 15 is 0 Å². The summed E-state index contributed by atoms with van der Waals surface area (Å²) < 4.78 is 11.1. The van der Waals surface area contributed by atoms with Gasteiger partial charge < -0.3 is 14.8 Å². The molecule has 26 heavy (non-hydrogen) atoms. The van der Waals surface area contributed by atoms with Crippen LogP contribution in [-0.4, -0.2) is 19.1 Å². The van der Waals surface area contributed by atoms with E-state index in [-0.39, 0.29) is 18.6 Å². The van der Waals surface area contributed by atoms with Crippen molar-refractivity contribution in [1.29, 1.82) is 5.26 Å². The van der Waals surface area contributed by atoms with E-state index in [9.17, 15) is 4.79 Å². The largest absolute Gasteiger partial charge is 0.490 e. The number of hydrogen-bond donors (Lipinski definition) is 1. The summed E-state index contributed by atoms with van der Waals surface area (Å²) in [5, 5.41) is 11.9. The van der Waals surface area contributed by atoms with Gasteiger partial charge in [0.1, 0.15) is 0 Å². The predicted octanol–water partition coefficient (Wildman–Crippen LogP) is 3.83. The van der Waals surface area contributed by atoms with Crippen molar-refractivity contribution in [2.75, 3.05) is 13.2 Å². The topological polar surface area (TPSA) is 71.3 Å². The van der Waals surface area contributed by atoms with Crippen molar-refractivity contribution in [3.8, 4) is 17.6 Å². The number of nitrogens with one attached hydrogen (secondary N) is 1. The van der Waals surface area contributed by atoms with Gasteiger partial charge in [0.05, 0.1) is 24.3 Å². The summed E-state index contributed by atoms with van der Waals surface area (Å²) in [6.07, 6.45) is 0. The molecule has 1 unspecified atom stereocenters. The number of carbonyl (C=O) groups is 1. The highest BCUT2D eigenvalue weighted by molar-refractivity contribution is 5.78. The third kappa shape index (κ3) is 5.00. The lowest BCUT2D eigenvalue weighted by Gasteiger charge is -2.18. The molecule has 0 aliphatic carbocycles. The monoisotopic (exact) mass is 352 g/mol. The number of rotatable bonds is 7. The molecule has 0 aliphatic heterocycles. The highest BCUT2D eigenvalue weighted by atomic mass is 16.5. The molecule has 1 atom stereocenters. The smallest absolute Gasteiger partial charge is 0.258 e. The summed E-state index contributed by atoms with van der Waals surface area (Å²) in [7, 11) is 0. The fourth-order valence-corrected chi connectivity index (χ4v) is 2.70. The first-order valence-electron chi connectivity index (χ1n) is 8.60. The highest BCUT2D eigenvalue weighted by Crippen LogP contribution is 2.28. The lowest BCUT2D eigenvalue weighted by Crippen LogP contribution is -2.31. The molecule has 0 fully saturated rings. The quantitative estimate of drug-likeness (QED) is 0.822. The summed E-state index contributed by atoms with van der Waals surface area (Å²) in [6, 6.07) is 13.0. The predicted molar refractivity (Wildman–Crippen MR) is 100 cm³/mol. The number of amides is 1. The number of ether oxygens (including phenoxy) is 2. The maximum Gasteiger partial charge on any atom is 0.258 e. The maximum absolute atomic E-state index is 12.3. The number of nitriles is 1. The van der Waals surface area contributed by atoms with E-state index in [2.05, 4.69) is 29.6 Å². The molecule has 0 bridgehead atoms. The molecule has 0 heterocycles. The zero-order valence-corrected chi connectivity index (χ0v) is 15.6. The van der Waals surface area contributed by atoms with Crippen LogP contribution in [0.5, 0.6) is 11.5 Å². The van der Waals surface area contributed by atoms with Crippen molar-refractivity contribution in [3.63, 3.8) is 0 Å². The molecule has 2 aromatic carbocycles. The molecule has 0 spiro atoms. The van der Waals surface area contributed by atoms with Gasteiger partial charge in [-0.25, -0.2) is 0 Å². The maximum atomic E-state index is 12.3. The molecule has 0 saturated heterocycles. The zero-order chi connectivity index (χ0) is 19.1. The molecular weight excluding hydrogens is 328 g/mol. The van der Waals surface area contributed by atoms with Crippen LogP contribution in [0.2, 0.25) is 0 Å². The van der Waals surface area contributed by atoms with Crippen molar-refractivity contribution >= 4 is 5.91 Å². The third-order valence-electron chi connectivity index (χ3n) is 4.01. The van der Waals surface area contributed by atoms with Crippen molar-refractivity contribution < 1.29 is 14.3 Å². The van der Waals surface area contributed by atoms with E-state index in [1.807, 2.05) is 27.7 Å². The Bertz CT molecular complexity index is 824. The Kier molecular flexibility index (Phi) is 6.62. The van der Waals surface area contributed by atoms with Gasteiger partial charge in [-0.1, -0.05) is 23.8 Å². The van der Waals surface area contributed by atoms with E-state index < -0.39 is 0 Å². The van der Waals surface area contributed by atoms with E-state index in [0.29, 0.717) is 23.7 Å². The van der Waals surface area contributed by atoms with Gasteiger partial charge in [-0.2, -0.15) is 5.26 Å². The normalized spacial score (nSPS) is 11.3. The zero-order valence-electron chi connectivity index (χ0n) is 15.6. The Morgan fingerprint density at radius 1 is 1.15 bits per heavy atom. The minimum atomic E-state index is -0.217. The lowest BCUT2D eigenvalue weighted by atomic mass is 10.00. The molecule has 0 aromatic heterocycles. The van der Waals surface area contributed by atoms with Crippen LogP contribution in [0.25, 0.3) is 0 Å². The molecule has 2 rings (SSSR count). The molecule has 5 nitrogen and oxygen atoms in total. The number of benzene rings is 2. The molecule has 2 aromatic rings. The summed E-state index contributed by atoms with van der Waals surface area (Å²) in [5.41, 5.74) is 3.86. The van der Waals surface area contributed by atoms with Crippen LogP contribution in [0, 0.1) is 25.2 Å². The molecule has 0 aliphatic rings. The van der Waals surface area contributed by atoms with Crippen molar-refractivity contribution in [3.05, 3.63) is 58.7 Å². The van der Waals surface area contributed by atoms with Crippen LogP contribution in [0.15, 0.2) is 36.4 Å². The highest BCUT2D eigenvalue weighted by Gasteiger charge is 2.14. The first-order valence-corrected chi connectivity index (χ1v) is 8.60. The minimum Gasteiger partial charge on any atom is -0.490 e. The summed E-state index contributed by atoms with van der Waals surface area (Å²) in [5.74, 6) is 0.688. The Morgan fingerprint density at radius 2 is 1.92 bits per heavy atom. The summed E-state index contributed by atoms with van der Waals surface area (Å²) in [6.45, 7) is 8.18.